The van der Waals surface area contributed by atoms with Crippen LogP contribution in [0.25, 0.3) is 0 Å². The molecule has 1 atom stereocenters. The van der Waals surface area contributed by atoms with E-state index in [-0.39, 0.29) is 0 Å². The first-order valence-electron chi connectivity index (χ1n) is 13.3. The average Bonchev–Trinajstić information content (AvgIpc) is 2.69. The highest BCUT2D eigenvalue weighted by Gasteiger charge is 2.05. The molecular formula is C27H56. The van der Waals surface area contributed by atoms with Gasteiger partial charge in [0, 0.05) is 0 Å². The van der Waals surface area contributed by atoms with Crippen LogP contribution in [0.5, 0.6) is 0 Å². The van der Waals surface area contributed by atoms with Gasteiger partial charge in [-0.15, -0.1) is 0 Å². The predicted molar refractivity (Wildman–Crippen MR) is 127 cm³/mol. The monoisotopic (exact) mass is 380 g/mol. The zero-order chi connectivity index (χ0) is 19.8. The second-order valence-corrected chi connectivity index (χ2v) is 9.22. The van der Waals surface area contributed by atoms with Crippen molar-refractivity contribution in [1.29, 1.82) is 0 Å². The van der Waals surface area contributed by atoms with Crippen molar-refractivity contribution in [3.05, 3.63) is 0 Å². The minimum atomic E-state index is 1.02. The van der Waals surface area contributed by atoms with Gasteiger partial charge in [-0.2, -0.15) is 0 Å². The van der Waals surface area contributed by atoms with Crippen LogP contribution in [-0.4, -0.2) is 0 Å². The fourth-order valence-electron chi connectivity index (χ4n) is 4.39. The van der Waals surface area contributed by atoms with Gasteiger partial charge in [0.2, 0.25) is 0 Å². The van der Waals surface area contributed by atoms with Crippen LogP contribution in [0.15, 0.2) is 0 Å². The van der Waals surface area contributed by atoms with E-state index in [1.165, 1.54) is 148 Å². The maximum Gasteiger partial charge on any atom is -0.0417 e. The van der Waals surface area contributed by atoms with E-state index in [9.17, 15) is 0 Å². The van der Waals surface area contributed by atoms with Crippen molar-refractivity contribution < 1.29 is 0 Å². The van der Waals surface area contributed by atoms with Crippen molar-refractivity contribution in [2.45, 2.75) is 168 Å². The standard InChI is InChI=1S/C27H56/c1-4-7-9-11-13-15-16-17-18-20-22-24-26-27(6-3)25-23-21-19-14-12-10-8-5-2/h27H,4-26H2,1-3H3. The molecule has 164 valence electrons. The molecule has 1 unspecified atom stereocenters. The van der Waals surface area contributed by atoms with E-state index in [2.05, 4.69) is 20.8 Å². The Kier molecular flexibility index (Phi) is 24.0. The van der Waals surface area contributed by atoms with Crippen molar-refractivity contribution in [1.82, 2.24) is 0 Å². The molecule has 0 nitrogen and oxygen atoms in total. The van der Waals surface area contributed by atoms with Crippen LogP contribution in [-0.2, 0) is 0 Å². The first-order valence-corrected chi connectivity index (χ1v) is 13.3. The third kappa shape index (κ3) is 22.2. The largest absolute Gasteiger partial charge is 0.0654 e. The molecule has 0 aliphatic heterocycles. The molecular weight excluding hydrogens is 324 g/mol. The van der Waals surface area contributed by atoms with Crippen LogP contribution in [0, 0.1) is 5.92 Å². The van der Waals surface area contributed by atoms with Crippen molar-refractivity contribution in [2.24, 2.45) is 5.92 Å². The summed E-state index contributed by atoms with van der Waals surface area (Å²) in [6.07, 6.45) is 33.8. The molecule has 0 rings (SSSR count). The van der Waals surface area contributed by atoms with E-state index in [0.717, 1.165) is 5.92 Å². The van der Waals surface area contributed by atoms with Crippen LogP contribution in [0.1, 0.15) is 168 Å². The number of unbranched alkanes of at least 4 members (excludes halogenated alkanes) is 18. The Labute approximate surface area is 174 Å². The van der Waals surface area contributed by atoms with Crippen LogP contribution in [0.2, 0.25) is 0 Å². The summed E-state index contributed by atoms with van der Waals surface area (Å²) < 4.78 is 0. The van der Waals surface area contributed by atoms with Crippen molar-refractivity contribution >= 4 is 0 Å². The molecule has 0 aromatic heterocycles. The maximum absolute atomic E-state index is 2.41. The number of hydrogen-bond acceptors (Lipinski definition) is 0. The smallest absolute Gasteiger partial charge is 0.0417 e. The summed E-state index contributed by atoms with van der Waals surface area (Å²) in [5.41, 5.74) is 0. The summed E-state index contributed by atoms with van der Waals surface area (Å²) in [6.45, 7) is 7.02. The third-order valence-electron chi connectivity index (χ3n) is 6.51. The van der Waals surface area contributed by atoms with E-state index in [4.69, 9.17) is 0 Å². The molecule has 0 aliphatic carbocycles. The second-order valence-electron chi connectivity index (χ2n) is 9.22. The molecule has 0 aliphatic rings. The van der Waals surface area contributed by atoms with Gasteiger partial charge < -0.3 is 0 Å². The molecule has 0 fully saturated rings. The molecule has 0 heterocycles. The van der Waals surface area contributed by atoms with Gasteiger partial charge in [0.25, 0.3) is 0 Å². The topological polar surface area (TPSA) is 0 Å². The van der Waals surface area contributed by atoms with Gasteiger partial charge in [0.1, 0.15) is 0 Å². The quantitative estimate of drug-likeness (QED) is 0.155. The highest BCUT2D eigenvalue weighted by molar-refractivity contribution is 4.59. The molecule has 0 radical (unpaired) electrons. The highest BCUT2D eigenvalue weighted by Crippen LogP contribution is 2.22. The summed E-state index contributed by atoms with van der Waals surface area (Å²) in [6, 6.07) is 0. The predicted octanol–water partition coefficient (Wildman–Crippen LogP) is 10.6. The number of hydrogen-bond donors (Lipinski definition) is 0. The van der Waals surface area contributed by atoms with Gasteiger partial charge in [-0.25, -0.2) is 0 Å². The molecule has 0 saturated carbocycles. The van der Waals surface area contributed by atoms with Gasteiger partial charge in [-0.05, 0) is 5.92 Å². The second kappa shape index (κ2) is 24.0. The molecule has 0 bridgehead atoms. The van der Waals surface area contributed by atoms with Crippen molar-refractivity contribution in [2.75, 3.05) is 0 Å². The van der Waals surface area contributed by atoms with Crippen LogP contribution < -0.4 is 0 Å². The fraction of sp³-hybridized carbons (Fsp3) is 1.00. The molecule has 0 N–H and O–H groups in total. The zero-order valence-electron chi connectivity index (χ0n) is 19.8. The lowest BCUT2D eigenvalue weighted by atomic mass is 9.92. The lowest BCUT2D eigenvalue weighted by Crippen LogP contribution is -1.99. The first-order chi connectivity index (χ1) is 13.3. The molecule has 0 heteroatoms. The van der Waals surface area contributed by atoms with Crippen LogP contribution in [0.4, 0.5) is 0 Å². The van der Waals surface area contributed by atoms with Gasteiger partial charge >= 0.3 is 0 Å². The van der Waals surface area contributed by atoms with Gasteiger partial charge in [0.15, 0.2) is 0 Å². The van der Waals surface area contributed by atoms with Crippen molar-refractivity contribution in [3.63, 3.8) is 0 Å². The average molecular weight is 381 g/mol. The van der Waals surface area contributed by atoms with E-state index in [1.54, 1.807) is 0 Å². The minimum absolute atomic E-state index is 1.02. The number of rotatable bonds is 23. The third-order valence-corrected chi connectivity index (χ3v) is 6.51. The van der Waals surface area contributed by atoms with E-state index < -0.39 is 0 Å². The summed E-state index contributed by atoms with van der Waals surface area (Å²) in [4.78, 5) is 0. The normalized spacial score (nSPS) is 12.6. The Balaban J connectivity index is 3.26. The Hall–Kier alpha value is 0. The molecule has 0 spiro atoms. The Bertz CT molecular complexity index is 244. The molecule has 0 aromatic carbocycles. The zero-order valence-corrected chi connectivity index (χ0v) is 19.8. The Morgan fingerprint density at radius 3 is 0.852 bits per heavy atom. The van der Waals surface area contributed by atoms with Gasteiger partial charge in [-0.1, -0.05) is 168 Å². The Morgan fingerprint density at radius 1 is 0.333 bits per heavy atom. The molecule has 27 heavy (non-hydrogen) atoms. The van der Waals surface area contributed by atoms with Crippen LogP contribution >= 0.6 is 0 Å². The summed E-state index contributed by atoms with van der Waals surface area (Å²) in [5, 5.41) is 0. The van der Waals surface area contributed by atoms with E-state index in [0.29, 0.717) is 0 Å². The molecule has 0 aromatic rings. The van der Waals surface area contributed by atoms with Crippen molar-refractivity contribution in [3.8, 4) is 0 Å². The minimum Gasteiger partial charge on any atom is -0.0654 e. The highest BCUT2D eigenvalue weighted by atomic mass is 14.1. The SMILES string of the molecule is CCCCCCCCCCCCCCC(CC)CCCCCCCCCC. The maximum atomic E-state index is 2.41. The van der Waals surface area contributed by atoms with E-state index >= 15 is 0 Å². The summed E-state index contributed by atoms with van der Waals surface area (Å²) in [5.74, 6) is 1.02. The lowest BCUT2D eigenvalue weighted by molar-refractivity contribution is 0.392. The fourth-order valence-corrected chi connectivity index (χ4v) is 4.39. The molecule has 0 amide bonds. The Morgan fingerprint density at radius 2 is 0.593 bits per heavy atom. The van der Waals surface area contributed by atoms with Crippen LogP contribution in [0.3, 0.4) is 0 Å². The molecule has 0 saturated heterocycles. The van der Waals surface area contributed by atoms with Gasteiger partial charge in [-0.3, -0.25) is 0 Å². The summed E-state index contributed by atoms with van der Waals surface area (Å²) >= 11 is 0. The van der Waals surface area contributed by atoms with Gasteiger partial charge in [0.05, 0.1) is 0 Å². The lowest BCUT2D eigenvalue weighted by Gasteiger charge is -2.14. The summed E-state index contributed by atoms with van der Waals surface area (Å²) in [7, 11) is 0. The first kappa shape index (κ1) is 27.0. The van der Waals surface area contributed by atoms with E-state index in [1.807, 2.05) is 0 Å².